The fourth-order valence-corrected chi connectivity index (χ4v) is 2.11. The molecular formula is C16H10F12N4O2. The van der Waals surface area contributed by atoms with E-state index in [0.717, 1.165) is 0 Å². The van der Waals surface area contributed by atoms with Crippen molar-refractivity contribution < 1.29 is 62.2 Å². The Bertz CT molecular complexity index is 890. The van der Waals surface area contributed by atoms with Crippen LogP contribution in [0.3, 0.4) is 0 Å². The van der Waals surface area contributed by atoms with Crippen LogP contribution in [0.2, 0.25) is 0 Å². The number of hydrogen-bond donors (Lipinski definition) is 1. The SMILES string of the molecule is Cc1ccc(Nc2nc(OC(C(F)(F)F)C(F)(F)F)nc(OC(C(F)(F)F)C(F)(F)F)n2)cc1. The monoisotopic (exact) mass is 518 g/mol. The molecule has 0 saturated heterocycles. The zero-order chi connectivity index (χ0) is 26.1. The smallest absolute Gasteiger partial charge is 0.434 e. The number of aryl methyl sites for hydroxylation is 1. The maximum absolute atomic E-state index is 12.7. The summed E-state index contributed by atoms with van der Waals surface area (Å²) in [5.41, 5.74) is 0.686. The van der Waals surface area contributed by atoms with Crippen molar-refractivity contribution in [1.29, 1.82) is 0 Å². The summed E-state index contributed by atoms with van der Waals surface area (Å²) in [6.45, 7) is 1.63. The summed E-state index contributed by atoms with van der Waals surface area (Å²) >= 11 is 0. The number of halogens is 12. The molecule has 0 amide bonds. The van der Waals surface area contributed by atoms with Gasteiger partial charge in [0.25, 0.3) is 12.2 Å². The third-order valence-corrected chi connectivity index (χ3v) is 3.54. The molecule has 34 heavy (non-hydrogen) atoms. The second-order valence-corrected chi connectivity index (χ2v) is 6.38. The highest BCUT2D eigenvalue weighted by Gasteiger charge is 2.61. The van der Waals surface area contributed by atoms with Gasteiger partial charge in [-0.2, -0.15) is 62.7 Å². The van der Waals surface area contributed by atoms with Crippen LogP contribution in [0, 0.1) is 6.92 Å². The van der Waals surface area contributed by atoms with E-state index in [1.54, 1.807) is 6.92 Å². The summed E-state index contributed by atoms with van der Waals surface area (Å²) in [4.78, 5) is 8.72. The zero-order valence-electron chi connectivity index (χ0n) is 16.2. The number of nitrogens with zero attached hydrogens (tertiary/aromatic N) is 3. The summed E-state index contributed by atoms with van der Waals surface area (Å²) in [7, 11) is 0. The first-order valence-corrected chi connectivity index (χ1v) is 8.47. The lowest BCUT2D eigenvalue weighted by molar-refractivity contribution is -0.302. The van der Waals surface area contributed by atoms with Crippen molar-refractivity contribution in [2.45, 2.75) is 43.8 Å². The average molecular weight is 518 g/mol. The van der Waals surface area contributed by atoms with E-state index in [0.29, 0.717) is 5.56 Å². The predicted octanol–water partition coefficient (Wildman–Crippen LogP) is 5.67. The number of benzene rings is 1. The number of aromatic nitrogens is 3. The fraction of sp³-hybridized carbons (Fsp3) is 0.438. The summed E-state index contributed by atoms with van der Waals surface area (Å²) in [5.74, 6) is -1.07. The van der Waals surface area contributed by atoms with E-state index in [4.69, 9.17) is 0 Å². The van der Waals surface area contributed by atoms with Gasteiger partial charge in [-0.25, -0.2) is 0 Å². The maximum Gasteiger partial charge on any atom is 0.434 e. The molecule has 0 bridgehead atoms. The first kappa shape index (κ1) is 27.0. The van der Waals surface area contributed by atoms with Crippen LogP contribution in [0.1, 0.15) is 5.56 Å². The Morgan fingerprint density at radius 1 is 0.618 bits per heavy atom. The molecule has 0 spiro atoms. The predicted molar refractivity (Wildman–Crippen MR) is 87.3 cm³/mol. The summed E-state index contributed by atoms with van der Waals surface area (Å²) < 4.78 is 160. The molecule has 0 aliphatic rings. The van der Waals surface area contributed by atoms with Gasteiger partial charge in [0.1, 0.15) is 0 Å². The molecule has 6 nitrogen and oxygen atoms in total. The Kier molecular flexibility index (Phi) is 7.32. The number of rotatable bonds is 6. The van der Waals surface area contributed by atoms with Gasteiger partial charge in [0.15, 0.2) is 0 Å². The summed E-state index contributed by atoms with van der Waals surface area (Å²) in [6, 6.07) is 1.63. The topological polar surface area (TPSA) is 69.2 Å². The molecule has 1 heterocycles. The van der Waals surface area contributed by atoms with E-state index < -0.39 is 54.9 Å². The van der Waals surface area contributed by atoms with Crippen molar-refractivity contribution >= 4 is 11.6 Å². The van der Waals surface area contributed by atoms with E-state index in [1.165, 1.54) is 24.3 Å². The van der Waals surface area contributed by atoms with Crippen LogP contribution in [0.5, 0.6) is 12.0 Å². The third-order valence-electron chi connectivity index (χ3n) is 3.54. The van der Waals surface area contributed by atoms with Crippen LogP contribution >= 0.6 is 0 Å². The standard InChI is InChI=1S/C16H10F12N4O2/c1-6-2-4-7(5-3-6)29-10-30-11(33-8(13(17,18)19)14(20,21)22)32-12(31-10)34-9(15(23,24)25)16(26,27)28/h2-5,8-9H,1H3,(H,29,30,31,32). The molecule has 0 unspecified atom stereocenters. The van der Waals surface area contributed by atoms with Gasteiger partial charge < -0.3 is 14.8 Å². The Labute approximate surface area is 180 Å². The molecule has 0 aliphatic heterocycles. The summed E-state index contributed by atoms with van der Waals surface area (Å²) in [6.07, 6.45) is -33.5. The van der Waals surface area contributed by atoms with E-state index in [1.807, 2.05) is 0 Å². The molecule has 0 aliphatic carbocycles. The van der Waals surface area contributed by atoms with E-state index >= 15 is 0 Å². The second-order valence-electron chi connectivity index (χ2n) is 6.38. The van der Waals surface area contributed by atoms with Gasteiger partial charge in [0, 0.05) is 5.69 Å². The molecule has 1 aromatic heterocycles. The first-order chi connectivity index (χ1) is 15.3. The molecular weight excluding hydrogens is 508 g/mol. The minimum Gasteiger partial charge on any atom is -0.440 e. The maximum atomic E-state index is 12.7. The summed E-state index contributed by atoms with van der Waals surface area (Å²) in [5, 5.41) is 2.17. The Balaban J connectivity index is 2.53. The van der Waals surface area contributed by atoms with Gasteiger partial charge in [-0.05, 0) is 19.1 Å². The molecule has 0 atom stereocenters. The minimum atomic E-state index is -6.10. The van der Waals surface area contributed by atoms with Crippen molar-refractivity contribution in [3.8, 4) is 12.0 Å². The van der Waals surface area contributed by atoms with E-state index in [-0.39, 0.29) is 5.69 Å². The van der Waals surface area contributed by atoms with Crippen LogP contribution in [0.25, 0.3) is 0 Å². The molecule has 18 heteroatoms. The zero-order valence-corrected chi connectivity index (χ0v) is 16.2. The lowest BCUT2D eigenvalue weighted by Gasteiger charge is -2.24. The minimum absolute atomic E-state index is 0.0000792. The highest BCUT2D eigenvalue weighted by Crippen LogP contribution is 2.38. The highest BCUT2D eigenvalue weighted by atomic mass is 19.4. The Morgan fingerprint density at radius 2 is 0.971 bits per heavy atom. The Morgan fingerprint density at radius 3 is 1.29 bits per heavy atom. The molecule has 2 aromatic rings. The second kappa shape index (κ2) is 9.21. The van der Waals surface area contributed by atoms with E-state index in [2.05, 4.69) is 29.7 Å². The molecule has 0 radical (unpaired) electrons. The van der Waals surface area contributed by atoms with Crippen molar-refractivity contribution in [2.24, 2.45) is 0 Å². The van der Waals surface area contributed by atoms with Crippen LogP contribution in [0.15, 0.2) is 24.3 Å². The van der Waals surface area contributed by atoms with Crippen LogP contribution in [-0.2, 0) is 0 Å². The molecule has 2 rings (SSSR count). The number of alkyl halides is 12. The van der Waals surface area contributed by atoms with Gasteiger partial charge >= 0.3 is 36.7 Å². The number of anilines is 2. The molecule has 190 valence electrons. The van der Waals surface area contributed by atoms with Crippen molar-refractivity contribution in [1.82, 2.24) is 15.0 Å². The Hall–Kier alpha value is -3.21. The molecule has 1 aromatic carbocycles. The van der Waals surface area contributed by atoms with Crippen molar-refractivity contribution in [2.75, 3.05) is 5.32 Å². The van der Waals surface area contributed by atoms with E-state index in [9.17, 15) is 52.7 Å². The van der Waals surface area contributed by atoms with Gasteiger partial charge in [0.2, 0.25) is 5.95 Å². The van der Waals surface area contributed by atoms with Gasteiger partial charge in [-0.1, -0.05) is 17.7 Å². The highest BCUT2D eigenvalue weighted by molar-refractivity contribution is 5.53. The fourth-order valence-electron chi connectivity index (χ4n) is 2.11. The first-order valence-electron chi connectivity index (χ1n) is 8.47. The number of hydrogen-bond acceptors (Lipinski definition) is 6. The number of nitrogens with one attached hydrogen (secondary N) is 1. The lowest BCUT2D eigenvalue weighted by Crippen LogP contribution is -2.47. The van der Waals surface area contributed by atoms with Crippen molar-refractivity contribution in [3.05, 3.63) is 29.8 Å². The van der Waals surface area contributed by atoms with Gasteiger partial charge in [-0.3, -0.25) is 0 Å². The average Bonchev–Trinajstić information content (AvgIpc) is 2.62. The van der Waals surface area contributed by atoms with Crippen LogP contribution < -0.4 is 14.8 Å². The molecule has 1 N–H and O–H groups in total. The largest absolute Gasteiger partial charge is 0.440 e. The van der Waals surface area contributed by atoms with Gasteiger partial charge in [0.05, 0.1) is 0 Å². The molecule has 0 fully saturated rings. The lowest BCUT2D eigenvalue weighted by atomic mass is 10.2. The molecule has 0 saturated carbocycles. The van der Waals surface area contributed by atoms with Crippen LogP contribution in [-0.4, -0.2) is 51.9 Å². The van der Waals surface area contributed by atoms with Gasteiger partial charge in [-0.15, -0.1) is 4.98 Å². The van der Waals surface area contributed by atoms with Crippen LogP contribution in [0.4, 0.5) is 64.3 Å². The third kappa shape index (κ3) is 7.41. The number of ether oxygens (including phenoxy) is 2. The quantitative estimate of drug-likeness (QED) is 0.498. The van der Waals surface area contributed by atoms with Crippen molar-refractivity contribution in [3.63, 3.8) is 0 Å². The normalized spacial score (nSPS) is 13.4.